The molecule has 1 heterocycles. The van der Waals surface area contributed by atoms with Crippen molar-refractivity contribution in [2.75, 3.05) is 0 Å². The average molecular weight is 290 g/mol. The van der Waals surface area contributed by atoms with Crippen molar-refractivity contribution in [2.24, 2.45) is 0 Å². The second-order valence-electron chi connectivity index (χ2n) is 5.22. The van der Waals surface area contributed by atoms with Crippen LogP contribution in [-0.2, 0) is 0 Å². The van der Waals surface area contributed by atoms with Gasteiger partial charge in [-0.1, -0.05) is 12.1 Å². The molecule has 0 amide bonds. The van der Waals surface area contributed by atoms with Crippen LogP contribution in [0.25, 0.3) is 0 Å². The molecule has 20 heavy (non-hydrogen) atoms. The number of ether oxygens (including phenoxy) is 1. The van der Waals surface area contributed by atoms with Crippen molar-refractivity contribution < 1.29 is 4.74 Å². The monoisotopic (exact) mass is 290 g/mol. The number of hydrogen-bond donors (Lipinski definition) is 1. The van der Waals surface area contributed by atoms with Crippen molar-refractivity contribution in [3.8, 4) is 5.75 Å². The smallest absolute Gasteiger partial charge is 0.120 e. The van der Waals surface area contributed by atoms with E-state index in [1.54, 1.807) is 11.3 Å². The van der Waals surface area contributed by atoms with Crippen LogP contribution in [0.2, 0.25) is 0 Å². The molecule has 2 unspecified atom stereocenters. The number of rotatable bonds is 6. The molecule has 0 aliphatic carbocycles. The molecule has 1 aromatic heterocycles. The summed E-state index contributed by atoms with van der Waals surface area (Å²) in [5, 5.41) is 6.70. The van der Waals surface area contributed by atoms with E-state index in [4.69, 9.17) is 4.74 Å². The van der Waals surface area contributed by atoms with E-state index in [0.29, 0.717) is 0 Å². The molecule has 0 aliphatic rings. The second-order valence-corrected chi connectivity index (χ2v) is 6.15. The summed E-state index contributed by atoms with van der Waals surface area (Å²) in [5.41, 5.74) is 1.23. The van der Waals surface area contributed by atoms with Gasteiger partial charge in [-0.05, 0) is 45.4 Å². The molecule has 2 atom stereocenters. The Morgan fingerprint density at radius 3 is 2.60 bits per heavy atom. The third kappa shape index (κ3) is 4.05. The van der Waals surface area contributed by atoms with Gasteiger partial charge in [-0.15, -0.1) is 11.3 Å². The Kier molecular flexibility index (Phi) is 5.15. The minimum atomic E-state index is 0.197. The summed E-state index contributed by atoms with van der Waals surface area (Å²) < 4.78 is 5.74. The van der Waals surface area contributed by atoms with Gasteiger partial charge in [0.1, 0.15) is 10.8 Å². The van der Waals surface area contributed by atoms with E-state index in [1.165, 1.54) is 5.56 Å². The summed E-state index contributed by atoms with van der Waals surface area (Å²) in [6.07, 6.45) is 2.04. The molecule has 0 bridgehead atoms. The predicted molar refractivity (Wildman–Crippen MR) is 84.3 cm³/mol. The topological polar surface area (TPSA) is 34.1 Å². The molecule has 0 saturated carbocycles. The number of thiazole rings is 1. The molecule has 3 nitrogen and oxygen atoms in total. The van der Waals surface area contributed by atoms with Gasteiger partial charge >= 0.3 is 0 Å². The zero-order valence-corrected chi connectivity index (χ0v) is 13.3. The predicted octanol–water partition coefficient (Wildman–Crippen LogP) is 4.34. The van der Waals surface area contributed by atoms with Gasteiger partial charge in [-0.25, -0.2) is 4.98 Å². The lowest BCUT2D eigenvalue weighted by atomic mass is 10.1. The van der Waals surface area contributed by atoms with Gasteiger partial charge in [0.05, 0.1) is 12.1 Å². The summed E-state index contributed by atoms with van der Waals surface area (Å²) in [4.78, 5) is 4.35. The van der Waals surface area contributed by atoms with Crippen molar-refractivity contribution in [1.29, 1.82) is 0 Å². The molecule has 0 spiro atoms. The maximum Gasteiger partial charge on any atom is 0.120 e. The largest absolute Gasteiger partial charge is 0.491 e. The average Bonchev–Trinajstić information content (AvgIpc) is 2.92. The summed E-state index contributed by atoms with van der Waals surface area (Å²) in [6.45, 7) is 8.39. The number of benzene rings is 1. The Morgan fingerprint density at radius 1 is 1.15 bits per heavy atom. The van der Waals surface area contributed by atoms with Gasteiger partial charge in [0.15, 0.2) is 0 Å². The van der Waals surface area contributed by atoms with Crippen molar-refractivity contribution in [2.45, 2.75) is 45.9 Å². The molecular formula is C16H22N2OS. The minimum absolute atomic E-state index is 0.197. The normalized spacial score (nSPS) is 14.2. The lowest BCUT2D eigenvalue weighted by Gasteiger charge is -2.20. The lowest BCUT2D eigenvalue weighted by molar-refractivity contribution is 0.242. The van der Waals surface area contributed by atoms with Gasteiger partial charge in [0.2, 0.25) is 0 Å². The number of nitrogens with zero attached hydrogens (tertiary/aromatic N) is 1. The molecule has 1 aromatic carbocycles. The molecule has 0 radical (unpaired) electrons. The van der Waals surface area contributed by atoms with Crippen LogP contribution in [0.15, 0.2) is 35.8 Å². The van der Waals surface area contributed by atoms with Crippen LogP contribution in [0.5, 0.6) is 5.75 Å². The molecule has 1 N–H and O–H groups in total. The Morgan fingerprint density at radius 2 is 1.95 bits per heavy atom. The van der Waals surface area contributed by atoms with E-state index in [0.717, 1.165) is 10.8 Å². The van der Waals surface area contributed by atoms with Crippen LogP contribution < -0.4 is 10.1 Å². The Balaban J connectivity index is 2.03. The van der Waals surface area contributed by atoms with Crippen molar-refractivity contribution >= 4 is 11.3 Å². The van der Waals surface area contributed by atoms with Crippen LogP contribution >= 0.6 is 11.3 Å². The van der Waals surface area contributed by atoms with E-state index >= 15 is 0 Å². The zero-order chi connectivity index (χ0) is 14.5. The number of aromatic nitrogens is 1. The Labute approximate surface area is 125 Å². The van der Waals surface area contributed by atoms with Crippen LogP contribution in [0.3, 0.4) is 0 Å². The highest BCUT2D eigenvalue weighted by molar-refractivity contribution is 7.09. The summed E-state index contributed by atoms with van der Waals surface area (Å²) in [5.74, 6) is 0.924. The highest BCUT2D eigenvalue weighted by Crippen LogP contribution is 2.23. The quantitative estimate of drug-likeness (QED) is 0.859. The fourth-order valence-corrected chi connectivity index (χ4v) is 2.78. The SMILES string of the molecule is CC(C)Oc1cccc(C(C)NC(C)c2nccs2)c1. The van der Waals surface area contributed by atoms with Crippen molar-refractivity contribution in [3.63, 3.8) is 0 Å². The van der Waals surface area contributed by atoms with Gasteiger partial charge < -0.3 is 10.1 Å². The first-order chi connectivity index (χ1) is 9.56. The Hall–Kier alpha value is -1.39. The van der Waals surface area contributed by atoms with Crippen LogP contribution in [-0.4, -0.2) is 11.1 Å². The van der Waals surface area contributed by atoms with Crippen LogP contribution in [0.4, 0.5) is 0 Å². The maximum atomic E-state index is 5.74. The number of nitrogens with one attached hydrogen (secondary N) is 1. The number of hydrogen-bond acceptors (Lipinski definition) is 4. The molecule has 4 heteroatoms. The van der Waals surface area contributed by atoms with Gasteiger partial charge in [0.25, 0.3) is 0 Å². The fraction of sp³-hybridized carbons (Fsp3) is 0.438. The van der Waals surface area contributed by atoms with E-state index < -0.39 is 0 Å². The molecular weight excluding hydrogens is 268 g/mol. The van der Waals surface area contributed by atoms with E-state index in [-0.39, 0.29) is 18.2 Å². The van der Waals surface area contributed by atoms with Gasteiger partial charge in [0, 0.05) is 17.6 Å². The second kappa shape index (κ2) is 6.86. The van der Waals surface area contributed by atoms with E-state index in [9.17, 15) is 0 Å². The molecule has 2 aromatic rings. The molecule has 2 rings (SSSR count). The summed E-state index contributed by atoms with van der Waals surface area (Å²) in [6, 6.07) is 8.77. The molecule has 0 aliphatic heterocycles. The highest BCUT2D eigenvalue weighted by Gasteiger charge is 2.13. The van der Waals surface area contributed by atoms with Crippen molar-refractivity contribution in [3.05, 3.63) is 46.4 Å². The third-order valence-electron chi connectivity index (χ3n) is 3.05. The highest BCUT2D eigenvalue weighted by atomic mass is 32.1. The minimum Gasteiger partial charge on any atom is -0.491 e. The first kappa shape index (κ1) is 15.0. The fourth-order valence-electron chi connectivity index (χ4n) is 2.12. The third-order valence-corrected chi connectivity index (χ3v) is 4.01. The lowest BCUT2D eigenvalue weighted by Crippen LogP contribution is -2.22. The van der Waals surface area contributed by atoms with Crippen LogP contribution in [0.1, 0.15) is 50.3 Å². The van der Waals surface area contributed by atoms with E-state index in [1.807, 2.05) is 37.6 Å². The summed E-state index contributed by atoms with van der Waals surface area (Å²) in [7, 11) is 0. The zero-order valence-electron chi connectivity index (χ0n) is 12.5. The molecule has 0 fully saturated rings. The first-order valence-corrected chi connectivity index (χ1v) is 7.86. The first-order valence-electron chi connectivity index (χ1n) is 6.98. The standard InChI is InChI=1S/C16H22N2OS/c1-11(2)19-15-7-5-6-14(10-15)12(3)18-13(4)16-17-8-9-20-16/h5-13,18H,1-4H3. The maximum absolute atomic E-state index is 5.74. The van der Waals surface area contributed by atoms with Gasteiger partial charge in [-0.2, -0.15) is 0 Å². The molecule has 108 valence electrons. The van der Waals surface area contributed by atoms with Crippen molar-refractivity contribution in [1.82, 2.24) is 10.3 Å². The van der Waals surface area contributed by atoms with Crippen LogP contribution in [0, 0.1) is 0 Å². The molecule has 0 saturated heterocycles. The summed E-state index contributed by atoms with van der Waals surface area (Å²) >= 11 is 1.68. The van der Waals surface area contributed by atoms with Gasteiger partial charge in [-0.3, -0.25) is 0 Å². The van der Waals surface area contributed by atoms with E-state index in [2.05, 4.69) is 36.3 Å². The Bertz CT molecular complexity index is 525.